The Balaban J connectivity index is 4.25. The third-order valence-corrected chi connectivity index (χ3v) is 3.50. The van der Waals surface area contributed by atoms with Gasteiger partial charge in [0.2, 0.25) is 0 Å². The Morgan fingerprint density at radius 2 is 1.54 bits per heavy atom. The van der Waals surface area contributed by atoms with Gasteiger partial charge in [0, 0.05) is 0 Å². The minimum Gasteiger partial charge on any atom is -0.284 e. The second-order valence-electron chi connectivity index (χ2n) is 2.99. The van der Waals surface area contributed by atoms with E-state index in [2.05, 4.69) is 0 Å². The second kappa shape index (κ2) is 6.35. The third kappa shape index (κ3) is 6.85. The van der Waals surface area contributed by atoms with Crippen molar-refractivity contribution < 1.29 is 18.1 Å². The highest BCUT2D eigenvalue weighted by Crippen LogP contribution is 2.51. The van der Waals surface area contributed by atoms with Gasteiger partial charge in [-0.05, 0) is 27.7 Å². The molecule has 0 atom stereocenters. The van der Waals surface area contributed by atoms with Gasteiger partial charge < -0.3 is 0 Å². The fourth-order valence-electron chi connectivity index (χ4n) is 0.662. The van der Waals surface area contributed by atoms with Crippen molar-refractivity contribution >= 4 is 30.4 Å². The van der Waals surface area contributed by atoms with Crippen LogP contribution in [0.3, 0.4) is 0 Å². The molecule has 0 aromatic carbocycles. The summed E-state index contributed by atoms with van der Waals surface area (Å²) >= 11 is 1.95. The lowest BCUT2D eigenvalue weighted by Crippen LogP contribution is -2.09. The van der Waals surface area contributed by atoms with E-state index < -0.39 is 7.82 Å². The van der Waals surface area contributed by atoms with Crippen molar-refractivity contribution in [2.24, 2.45) is 0 Å². The minimum atomic E-state index is -3.34. The molecule has 0 N–H and O–H groups in total. The molecular weight excluding hydrogens is 306 g/mol. The lowest BCUT2D eigenvalue weighted by atomic mass is 10.5. The van der Waals surface area contributed by atoms with Gasteiger partial charge in [-0.1, -0.05) is 22.6 Å². The molecule has 6 heteroatoms. The molecule has 0 fully saturated rings. The maximum Gasteiger partial charge on any atom is 0.476 e. The Hall–Kier alpha value is 0.840. The average Bonchev–Trinajstić information content (AvgIpc) is 1.81. The van der Waals surface area contributed by atoms with E-state index in [1.807, 2.05) is 22.6 Å². The highest BCUT2D eigenvalue weighted by Gasteiger charge is 2.28. The summed E-state index contributed by atoms with van der Waals surface area (Å²) in [5.41, 5.74) is 0. The highest BCUT2D eigenvalue weighted by atomic mass is 127. The first kappa shape index (κ1) is 13.8. The molecule has 0 unspecified atom stereocenters. The molecule has 0 amide bonds. The molecule has 0 aromatic heterocycles. The predicted octanol–water partition coefficient (Wildman–Crippen LogP) is 3.35. The molecule has 0 spiro atoms. The van der Waals surface area contributed by atoms with Gasteiger partial charge in [-0.15, -0.1) is 0 Å². The molecule has 0 aliphatic rings. The Bertz CT molecular complexity index is 169. The van der Waals surface area contributed by atoms with E-state index in [4.69, 9.17) is 13.6 Å². The van der Waals surface area contributed by atoms with Crippen molar-refractivity contribution in [3.63, 3.8) is 0 Å². The molecule has 0 heterocycles. The van der Waals surface area contributed by atoms with Gasteiger partial charge in [0.1, 0.15) is 4.61 Å². The standard InChI is InChI=1S/C7H16IO4P/c1-6(2)11-13(9,10-5-8)12-7(3)4/h6-7H,5H2,1-4H3. The number of hydrogen-bond acceptors (Lipinski definition) is 4. The van der Waals surface area contributed by atoms with Crippen LogP contribution < -0.4 is 0 Å². The summed E-state index contributed by atoms with van der Waals surface area (Å²) in [5, 5.41) is 0. The molecule has 0 aromatic rings. The molecule has 4 nitrogen and oxygen atoms in total. The lowest BCUT2D eigenvalue weighted by Gasteiger charge is -2.20. The lowest BCUT2D eigenvalue weighted by molar-refractivity contribution is 0.0837. The van der Waals surface area contributed by atoms with Gasteiger partial charge >= 0.3 is 7.82 Å². The van der Waals surface area contributed by atoms with Gasteiger partial charge in [0.15, 0.2) is 0 Å². The zero-order chi connectivity index (χ0) is 10.5. The van der Waals surface area contributed by atoms with Crippen LogP contribution in [-0.2, 0) is 18.1 Å². The zero-order valence-corrected chi connectivity index (χ0v) is 11.4. The molecule has 0 saturated carbocycles. The Labute approximate surface area is 93.1 Å². The highest BCUT2D eigenvalue weighted by molar-refractivity contribution is 14.1. The molecule has 13 heavy (non-hydrogen) atoms. The van der Waals surface area contributed by atoms with Crippen molar-refractivity contribution in [2.75, 3.05) is 4.61 Å². The summed E-state index contributed by atoms with van der Waals surface area (Å²) in [6.45, 7) is 7.14. The fraction of sp³-hybridized carbons (Fsp3) is 1.00. The van der Waals surface area contributed by atoms with Crippen LogP contribution in [0.15, 0.2) is 0 Å². The number of rotatable bonds is 6. The van der Waals surface area contributed by atoms with Crippen molar-refractivity contribution in [2.45, 2.75) is 39.9 Å². The van der Waals surface area contributed by atoms with Crippen LogP contribution in [0.25, 0.3) is 0 Å². The molecule has 0 aliphatic heterocycles. The summed E-state index contributed by atoms with van der Waals surface area (Å²) in [6, 6.07) is 0. The predicted molar refractivity (Wildman–Crippen MR) is 60.0 cm³/mol. The van der Waals surface area contributed by atoms with Crippen LogP contribution in [0.5, 0.6) is 0 Å². The van der Waals surface area contributed by atoms with E-state index in [9.17, 15) is 4.57 Å². The number of halogens is 1. The zero-order valence-electron chi connectivity index (χ0n) is 8.32. The summed E-state index contributed by atoms with van der Waals surface area (Å²) in [7, 11) is -3.34. The summed E-state index contributed by atoms with van der Waals surface area (Å²) < 4.78 is 27.2. The quantitative estimate of drug-likeness (QED) is 0.427. The topological polar surface area (TPSA) is 44.8 Å². The van der Waals surface area contributed by atoms with Crippen molar-refractivity contribution in [1.29, 1.82) is 0 Å². The first-order chi connectivity index (χ1) is 5.89. The minimum absolute atomic E-state index is 0.174. The van der Waals surface area contributed by atoms with Crippen LogP contribution in [0.1, 0.15) is 27.7 Å². The van der Waals surface area contributed by atoms with Gasteiger partial charge in [-0.2, -0.15) is 0 Å². The number of hydrogen-bond donors (Lipinski definition) is 0. The normalized spacial score (nSPS) is 12.8. The Morgan fingerprint density at radius 3 is 1.77 bits per heavy atom. The van der Waals surface area contributed by atoms with Gasteiger partial charge in [0.05, 0.1) is 12.2 Å². The average molecular weight is 322 g/mol. The summed E-state index contributed by atoms with van der Waals surface area (Å²) in [6.07, 6.45) is -0.347. The second-order valence-corrected chi connectivity index (χ2v) is 5.19. The smallest absolute Gasteiger partial charge is 0.284 e. The maximum absolute atomic E-state index is 11.8. The molecule has 80 valence electrons. The van der Waals surface area contributed by atoms with Gasteiger partial charge in [0.25, 0.3) is 0 Å². The largest absolute Gasteiger partial charge is 0.476 e. The van der Waals surface area contributed by atoms with Crippen molar-refractivity contribution in [3.8, 4) is 0 Å². The Kier molecular flexibility index (Phi) is 6.76. The molecule has 0 saturated heterocycles. The van der Waals surface area contributed by atoms with Crippen LogP contribution >= 0.6 is 30.4 Å². The summed E-state index contributed by atoms with van der Waals surface area (Å²) in [5.74, 6) is 0. The van der Waals surface area contributed by atoms with E-state index in [1.165, 1.54) is 0 Å². The van der Waals surface area contributed by atoms with E-state index in [1.54, 1.807) is 27.7 Å². The van der Waals surface area contributed by atoms with E-state index in [0.29, 0.717) is 0 Å². The molecule has 0 bridgehead atoms. The molecular formula is C7H16IO4P. The summed E-state index contributed by atoms with van der Waals surface area (Å²) in [4.78, 5) is 0. The Morgan fingerprint density at radius 1 is 1.15 bits per heavy atom. The maximum atomic E-state index is 11.8. The van der Waals surface area contributed by atoms with E-state index in [-0.39, 0.29) is 16.8 Å². The SMILES string of the molecule is CC(C)OP(=O)(OCI)OC(C)C. The monoisotopic (exact) mass is 322 g/mol. The number of phosphoric acid groups is 1. The first-order valence-corrected chi connectivity index (χ1v) is 7.05. The van der Waals surface area contributed by atoms with Crippen LogP contribution in [0.4, 0.5) is 0 Å². The van der Waals surface area contributed by atoms with E-state index >= 15 is 0 Å². The number of alkyl halides is 1. The molecule has 0 radical (unpaired) electrons. The van der Waals surface area contributed by atoms with Crippen LogP contribution in [-0.4, -0.2) is 16.8 Å². The molecule has 0 aliphatic carbocycles. The van der Waals surface area contributed by atoms with Crippen molar-refractivity contribution in [3.05, 3.63) is 0 Å². The fourth-order valence-corrected chi connectivity index (χ4v) is 3.01. The van der Waals surface area contributed by atoms with Crippen LogP contribution in [0.2, 0.25) is 0 Å². The number of phosphoric ester groups is 1. The third-order valence-electron chi connectivity index (χ3n) is 0.887. The van der Waals surface area contributed by atoms with Crippen LogP contribution in [0, 0.1) is 0 Å². The van der Waals surface area contributed by atoms with Crippen molar-refractivity contribution in [1.82, 2.24) is 0 Å². The van der Waals surface area contributed by atoms with Gasteiger partial charge in [-0.3, -0.25) is 13.6 Å². The van der Waals surface area contributed by atoms with Gasteiger partial charge in [-0.25, -0.2) is 4.57 Å². The first-order valence-electron chi connectivity index (χ1n) is 4.07. The van der Waals surface area contributed by atoms with E-state index in [0.717, 1.165) is 0 Å². The molecule has 0 rings (SSSR count).